The fraction of sp³-hybridized carbons (Fsp3) is 0.333. The first-order valence-electron chi connectivity index (χ1n) is 5.68. The predicted molar refractivity (Wildman–Crippen MR) is 62.7 cm³/mol. The Hall–Kier alpha value is -2.09. The number of alkyl halides is 3. The van der Waals surface area contributed by atoms with Crippen molar-refractivity contribution in [1.29, 1.82) is 0 Å². The van der Waals surface area contributed by atoms with Crippen molar-refractivity contribution in [2.45, 2.75) is 19.4 Å². The summed E-state index contributed by atoms with van der Waals surface area (Å²) in [6, 6.07) is 3.43. The summed E-state index contributed by atoms with van der Waals surface area (Å²) in [5.41, 5.74) is -0.755. The highest BCUT2D eigenvalue weighted by atomic mass is 19.4. The third kappa shape index (κ3) is 3.08. The minimum absolute atomic E-state index is 0.127. The van der Waals surface area contributed by atoms with Crippen molar-refractivity contribution in [3.05, 3.63) is 41.5 Å². The molecule has 0 atom stereocenters. The van der Waals surface area contributed by atoms with Gasteiger partial charge >= 0.3 is 6.18 Å². The number of nitrogens with zero attached hydrogens (tertiary/aromatic N) is 3. The van der Waals surface area contributed by atoms with Crippen LogP contribution >= 0.6 is 0 Å². The molecule has 8 heteroatoms. The van der Waals surface area contributed by atoms with Crippen LogP contribution in [0.4, 0.5) is 13.2 Å². The van der Waals surface area contributed by atoms with Gasteiger partial charge in [-0.25, -0.2) is 4.98 Å². The molecule has 0 bridgehead atoms. The number of aromatic nitrogens is 3. The van der Waals surface area contributed by atoms with Crippen LogP contribution < -0.4 is 4.74 Å². The average Bonchev–Trinajstić information content (AvgIpc) is 2.80. The maximum absolute atomic E-state index is 12.9. The molecule has 0 fully saturated rings. The highest BCUT2D eigenvalue weighted by Crippen LogP contribution is 2.37. The third-order valence-electron chi connectivity index (χ3n) is 2.69. The highest BCUT2D eigenvalue weighted by molar-refractivity contribution is 5.39. The molecule has 0 saturated heterocycles. The van der Waals surface area contributed by atoms with Crippen LogP contribution in [0, 0.1) is 0 Å². The van der Waals surface area contributed by atoms with E-state index in [1.165, 1.54) is 23.1 Å². The van der Waals surface area contributed by atoms with E-state index in [9.17, 15) is 13.2 Å². The van der Waals surface area contributed by atoms with Crippen LogP contribution in [0.5, 0.6) is 5.75 Å². The number of aliphatic hydroxyl groups is 1. The summed E-state index contributed by atoms with van der Waals surface area (Å²) in [6.45, 7) is -0.593. The molecule has 0 saturated carbocycles. The zero-order chi connectivity index (χ0) is 14.8. The summed E-state index contributed by atoms with van der Waals surface area (Å²) in [5, 5.41) is 12.7. The normalized spacial score (nSPS) is 11.7. The minimum Gasteiger partial charge on any atom is -0.485 e. The van der Waals surface area contributed by atoms with E-state index >= 15 is 0 Å². The molecule has 1 aromatic heterocycles. The summed E-state index contributed by atoms with van der Waals surface area (Å²) in [6.07, 6.45) is -3.27. The number of hydrogen-bond donors (Lipinski definition) is 1. The Morgan fingerprint density at radius 1 is 1.35 bits per heavy atom. The van der Waals surface area contributed by atoms with Crippen molar-refractivity contribution in [2.75, 3.05) is 0 Å². The van der Waals surface area contributed by atoms with Gasteiger partial charge in [-0.15, -0.1) is 0 Å². The SMILES string of the molecule is Cn1ncnc1COc1ccc(CO)cc1C(F)(F)F. The summed E-state index contributed by atoms with van der Waals surface area (Å²) >= 11 is 0. The van der Waals surface area contributed by atoms with E-state index in [0.717, 1.165) is 6.07 Å². The number of aryl methyl sites for hydroxylation is 1. The van der Waals surface area contributed by atoms with Crippen LogP contribution in [-0.4, -0.2) is 19.9 Å². The predicted octanol–water partition coefficient (Wildman–Crippen LogP) is 1.91. The topological polar surface area (TPSA) is 60.2 Å². The molecular formula is C12H12F3N3O2. The molecule has 1 aromatic carbocycles. The van der Waals surface area contributed by atoms with Crippen LogP contribution in [-0.2, 0) is 26.4 Å². The molecule has 0 unspecified atom stereocenters. The fourth-order valence-electron chi connectivity index (χ4n) is 1.62. The second kappa shape index (κ2) is 5.49. The third-order valence-corrected chi connectivity index (χ3v) is 2.69. The van der Waals surface area contributed by atoms with Gasteiger partial charge in [-0.2, -0.15) is 18.3 Å². The van der Waals surface area contributed by atoms with Crippen molar-refractivity contribution < 1.29 is 23.0 Å². The molecule has 0 radical (unpaired) electrons. The first kappa shape index (κ1) is 14.3. The first-order chi connectivity index (χ1) is 9.41. The Morgan fingerprint density at radius 2 is 2.10 bits per heavy atom. The molecule has 1 heterocycles. The van der Waals surface area contributed by atoms with Crippen molar-refractivity contribution in [3.63, 3.8) is 0 Å². The van der Waals surface area contributed by atoms with Crippen LogP contribution in [0.25, 0.3) is 0 Å². The van der Waals surface area contributed by atoms with Crippen molar-refractivity contribution in [2.24, 2.45) is 7.05 Å². The van der Waals surface area contributed by atoms with Gasteiger partial charge in [-0.3, -0.25) is 4.68 Å². The molecule has 0 aliphatic heterocycles. The van der Waals surface area contributed by atoms with Gasteiger partial charge < -0.3 is 9.84 Å². The lowest BCUT2D eigenvalue weighted by atomic mass is 10.1. The van der Waals surface area contributed by atoms with E-state index in [0.29, 0.717) is 5.82 Å². The van der Waals surface area contributed by atoms with Crippen molar-refractivity contribution in [3.8, 4) is 5.75 Å². The Morgan fingerprint density at radius 3 is 2.65 bits per heavy atom. The van der Waals surface area contributed by atoms with Gasteiger partial charge in [0.25, 0.3) is 0 Å². The Labute approximate surface area is 112 Å². The van der Waals surface area contributed by atoms with E-state index in [2.05, 4.69) is 10.1 Å². The van der Waals surface area contributed by atoms with Crippen LogP contribution in [0.2, 0.25) is 0 Å². The largest absolute Gasteiger partial charge is 0.485 e. The quantitative estimate of drug-likeness (QED) is 0.933. The number of benzene rings is 1. The lowest BCUT2D eigenvalue weighted by Gasteiger charge is -2.14. The van der Waals surface area contributed by atoms with Crippen molar-refractivity contribution >= 4 is 0 Å². The van der Waals surface area contributed by atoms with Crippen LogP contribution in [0.3, 0.4) is 0 Å². The smallest absolute Gasteiger partial charge is 0.419 e. The molecule has 2 aromatic rings. The van der Waals surface area contributed by atoms with Gasteiger partial charge in [0, 0.05) is 7.05 Å². The van der Waals surface area contributed by atoms with E-state index in [-0.39, 0.29) is 17.9 Å². The van der Waals surface area contributed by atoms with Gasteiger partial charge in [0.1, 0.15) is 18.7 Å². The number of rotatable bonds is 4. The van der Waals surface area contributed by atoms with Gasteiger partial charge in [0.2, 0.25) is 0 Å². The maximum Gasteiger partial charge on any atom is 0.419 e. The van der Waals surface area contributed by atoms with Gasteiger partial charge in [-0.05, 0) is 17.7 Å². The second-order valence-electron chi connectivity index (χ2n) is 4.07. The summed E-state index contributed by atoms with van der Waals surface area (Å²) in [5.74, 6) is 0.0991. The molecule has 0 aliphatic rings. The summed E-state index contributed by atoms with van der Waals surface area (Å²) in [7, 11) is 1.62. The van der Waals surface area contributed by atoms with Gasteiger partial charge in [0.05, 0.1) is 12.2 Å². The number of hydrogen-bond acceptors (Lipinski definition) is 4. The zero-order valence-corrected chi connectivity index (χ0v) is 10.6. The summed E-state index contributed by atoms with van der Waals surface area (Å²) in [4.78, 5) is 3.86. The number of ether oxygens (including phenoxy) is 1. The molecular weight excluding hydrogens is 275 g/mol. The van der Waals surface area contributed by atoms with E-state index in [4.69, 9.17) is 9.84 Å². The second-order valence-corrected chi connectivity index (χ2v) is 4.07. The molecule has 1 N–H and O–H groups in total. The van der Waals surface area contributed by atoms with Crippen LogP contribution in [0.1, 0.15) is 17.0 Å². The zero-order valence-electron chi connectivity index (χ0n) is 10.6. The molecule has 0 aliphatic carbocycles. The first-order valence-corrected chi connectivity index (χ1v) is 5.68. The molecule has 5 nitrogen and oxygen atoms in total. The Kier molecular flexibility index (Phi) is 3.93. The van der Waals surface area contributed by atoms with Crippen LogP contribution in [0.15, 0.2) is 24.5 Å². The monoisotopic (exact) mass is 287 g/mol. The molecule has 2 rings (SSSR count). The Balaban J connectivity index is 2.25. The fourth-order valence-corrected chi connectivity index (χ4v) is 1.62. The standard InChI is InChI=1S/C12H12F3N3O2/c1-18-11(16-7-17-18)6-20-10-3-2-8(5-19)4-9(10)12(13,14)15/h2-4,7,19H,5-6H2,1H3. The highest BCUT2D eigenvalue weighted by Gasteiger charge is 2.34. The van der Waals surface area contributed by atoms with E-state index in [1.807, 2.05) is 0 Å². The van der Waals surface area contributed by atoms with Gasteiger partial charge in [-0.1, -0.05) is 6.07 Å². The summed E-state index contributed by atoms with van der Waals surface area (Å²) < 4.78 is 45.3. The van der Waals surface area contributed by atoms with Crippen molar-refractivity contribution in [1.82, 2.24) is 14.8 Å². The van der Waals surface area contributed by atoms with Gasteiger partial charge in [0.15, 0.2) is 5.82 Å². The number of aliphatic hydroxyl groups excluding tert-OH is 1. The number of halogens is 3. The van der Waals surface area contributed by atoms with E-state index in [1.54, 1.807) is 7.05 Å². The molecule has 0 spiro atoms. The average molecular weight is 287 g/mol. The Bertz CT molecular complexity index is 596. The lowest BCUT2D eigenvalue weighted by molar-refractivity contribution is -0.139. The molecule has 0 amide bonds. The molecule has 108 valence electrons. The molecule has 20 heavy (non-hydrogen) atoms. The minimum atomic E-state index is -4.56. The van der Waals surface area contributed by atoms with E-state index < -0.39 is 18.3 Å². The lowest BCUT2D eigenvalue weighted by Crippen LogP contribution is -2.11. The maximum atomic E-state index is 12.9.